The minimum Gasteiger partial charge on any atom is -0.329 e. The molecule has 5 nitrogen and oxygen atoms in total. The lowest BCUT2D eigenvalue weighted by molar-refractivity contribution is -0.137. The Morgan fingerprint density at radius 1 is 1.12 bits per heavy atom. The summed E-state index contributed by atoms with van der Waals surface area (Å²) in [7, 11) is 1.60. The fourth-order valence-corrected chi connectivity index (χ4v) is 2.60. The summed E-state index contributed by atoms with van der Waals surface area (Å²) in [4.78, 5) is 5.67. The van der Waals surface area contributed by atoms with Gasteiger partial charge < -0.3 is 4.90 Å². The normalized spacial score (nSPS) is 11.5. The number of benzene rings is 2. The second-order valence-corrected chi connectivity index (χ2v) is 5.38. The molecule has 8 heteroatoms. The second kappa shape index (κ2) is 6.04. The summed E-state index contributed by atoms with van der Waals surface area (Å²) in [5.74, 6) is 0.345. The van der Waals surface area contributed by atoms with Gasteiger partial charge in [-0.15, -0.1) is 0 Å². The van der Waals surface area contributed by atoms with E-state index < -0.39 is 11.7 Å². The topological polar surface area (TPSA) is 68.8 Å². The summed E-state index contributed by atoms with van der Waals surface area (Å²) in [6.07, 6.45) is -3.46. The number of fused-ring (bicyclic) bond motifs is 1. The fourth-order valence-electron chi connectivity index (χ4n) is 2.60. The first-order chi connectivity index (χ1) is 11.8. The molecule has 0 spiro atoms. The molecule has 0 saturated heterocycles. The van der Waals surface area contributed by atoms with E-state index in [1.54, 1.807) is 37.4 Å². The minimum absolute atomic E-state index is 0.178. The maximum Gasteiger partial charge on any atom is 0.416 e. The van der Waals surface area contributed by atoms with Crippen molar-refractivity contribution < 1.29 is 13.2 Å². The van der Waals surface area contributed by atoms with Gasteiger partial charge in [-0.25, -0.2) is 0 Å². The maximum atomic E-state index is 13.0. The van der Waals surface area contributed by atoms with E-state index in [9.17, 15) is 13.2 Å². The van der Waals surface area contributed by atoms with Crippen LogP contribution in [-0.4, -0.2) is 22.9 Å². The Morgan fingerprint density at radius 2 is 1.84 bits per heavy atom. The molecule has 2 N–H and O–H groups in total. The second-order valence-electron chi connectivity index (χ2n) is 5.38. The highest BCUT2D eigenvalue weighted by atomic mass is 19.4. The van der Waals surface area contributed by atoms with E-state index in [-0.39, 0.29) is 5.62 Å². The molecule has 0 radical (unpaired) electrons. The van der Waals surface area contributed by atoms with Crippen LogP contribution in [0.1, 0.15) is 5.56 Å². The number of hydrogen-bond donors (Lipinski definition) is 2. The Kier molecular flexibility index (Phi) is 4.03. The summed E-state index contributed by atoms with van der Waals surface area (Å²) in [6, 6.07) is 11.9. The molecule has 0 amide bonds. The number of aromatic nitrogens is 2. The third-order valence-electron chi connectivity index (χ3n) is 3.85. The third kappa shape index (κ3) is 2.98. The molecule has 1 heterocycles. The molecule has 0 atom stereocenters. The highest BCUT2D eigenvalue weighted by Crippen LogP contribution is 2.34. The van der Waals surface area contributed by atoms with Gasteiger partial charge in [0.2, 0.25) is 5.62 Å². The number of alkyl halides is 3. The van der Waals surface area contributed by atoms with Gasteiger partial charge in [0.25, 0.3) is 0 Å². The number of hydrogen-bond acceptors (Lipinski definition) is 4. The molecule has 0 saturated carbocycles. The molecule has 2 aromatic carbocycles. The van der Waals surface area contributed by atoms with Gasteiger partial charge in [-0.2, -0.15) is 18.2 Å². The van der Waals surface area contributed by atoms with Crippen LogP contribution in [0.2, 0.25) is 0 Å². The summed E-state index contributed by atoms with van der Waals surface area (Å²) in [5, 5.41) is 16.1. The minimum atomic E-state index is -4.44. The molecule has 0 fully saturated rings. The van der Waals surface area contributed by atoms with Gasteiger partial charge >= 0.3 is 6.18 Å². The Labute approximate surface area is 141 Å². The summed E-state index contributed by atoms with van der Waals surface area (Å²) < 4.78 is 40.2. The molecule has 3 aromatic rings. The van der Waals surface area contributed by atoms with Crippen LogP contribution in [0.25, 0.3) is 10.9 Å². The van der Waals surface area contributed by atoms with Gasteiger partial charge in [-0.1, -0.05) is 18.2 Å². The van der Waals surface area contributed by atoms with Crippen molar-refractivity contribution in [3.05, 3.63) is 59.7 Å². The number of para-hydroxylation sites is 1. The van der Waals surface area contributed by atoms with Crippen molar-refractivity contribution in [2.45, 2.75) is 6.18 Å². The molecule has 25 heavy (non-hydrogen) atoms. The van der Waals surface area contributed by atoms with Crippen molar-refractivity contribution in [2.75, 3.05) is 11.9 Å². The van der Waals surface area contributed by atoms with E-state index in [2.05, 4.69) is 4.98 Å². The van der Waals surface area contributed by atoms with Crippen molar-refractivity contribution >= 4 is 28.7 Å². The lowest BCUT2D eigenvalue weighted by atomic mass is 10.1. The highest BCUT2D eigenvalue weighted by Gasteiger charge is 2.30. The Bertz CT molecular complexity index is 1010. The van der Waals surface area contributed by atoms with E-state index >= 15 is 0 Å². The molecule has 3 rings (SSSR count). The number of nitrogens with zero attached hydrogens (tertiary/aromatic N) is 3. The highest BCUT2D eigenvalue weighted by molar-refractivity contribution is 5.94. The van der Waals surface area contributed by atoms with Gasteiger partial charge in [0, 0.05) is 18.1 Å². The zero-order chi connectivity index (χ0) is 18.2. The molecule has 128 valence electrons. The van der Waals surface area contributed by atoms with Gasteiger partial charge in [0.1, 0.15) is 5.82 Å². The molecule has 0 aliphatic carbocycles. The van der Waals surface area contributed by atoms with E-state index in [0.717, 1.165) is 18.5 Å². The van der Waals surface area contributed by atoms with Crippen LogP contribution in [0.4, 0.5) is 24.7 Å². The number of anilines is 2. The largest absolute Gasteiger partial charge is 0.416 e. The van der Waals surface area contributed by atoms with Crippen LogP contribution in [0.5, 0.6) is 0 Å². The summed E-state index contributed by atoms with van der Waals surface area (Å²) >= 11 is 0. The Morgan fingerprint density at radius 3 is 2.52 bits per heavy atom. The molecule has 0 aliphatic rings. The van der Waals surface area contributed by atoms with Crippen molar-refractivity contribution in [1.82, 2.24) is 9.55 Å². The first-order valence-electron chi connectivity index (χ1n) is 7.30. The zero-order valence-corrected chi connectivity index (χ0v) is 13.2. The van der Waals surface area contributed by atoms with Crippen molar-refractivity contribution in [3.63, 3.8) is 0 Å². The summed E-state index contributed by atoms with van der Waals surface area (Å²) in [6.45, 7) is 0. The number of nitrogens with one attached hydrogen (secondary N) is 2. The van der Waals surface area contributed by atoms with Gasteiger partial charge in [0.05, 0.1) is 17.4 Å². The maximum absolute atomic E-state index is 13.0. The predicted octanol–water partition coefficient (Wildman–Crippen LogP) is 3.76. The van der Waals surface area contributed by atoms with Crippen LogP contribution in [0, 0.1) is 10.8 Å². The van der Waals surface area contributed by atoms with Crippen LogP contribution in [0.3, 0.4) is 0 Å². The fraction of sp³-hybridized carbons (Fsp3) is 0.118. The lowest BCUT2D eigenvalue weighted by Gasteiger charge is -2.22. The van der Waals surface area contributed by atoms with Crippen molar-refractivity contribution in [2.24, 2.45) is 0 Å². The van der Waals surface area contributed by atoms with Crippen LogP contribution in [0.15, 0.2) is 48.5 Å². The van der Waals surface area contributed by atoms with E-state index in [4.69, 9.17) is 10.8 Å². The molecule has 0 aliphatic heterocycles. The van der Waals surface area contributed by atoms with Crippen LogP contribution >= 0.6 is 0 Å². The SMILES string of the molecule is CN(c1cccc(C(F)(F)F)c1)c1nc(=N)n(C=N)c2ccccc12. The van der Waals surface area contributed by atoms with Crippen molar-refractivity contribution in [1.29, 1.82) is 10.8 Å². The first-order valence-corrected chi connectivity index (χ1v) is 7.30. The van der Waals surface area contributed by atoms with Crippen LogP contribution < -0.4 is 10.5 Å². The quantitative estimate of drug-likeness (QED) is 0.561. The Hall–Kier alpha value is -3.16. The van der Waals surface area contributed by atoms with Crippen LogP contribution in [-0.2, 0) is 6.18 Å². The van der Waals surface area contributed by atoms with Gasteiger partial charge in [0.15, 0.2) is 0 Å². The first kappa shape index (κ1) is 16.7. The summed E-state index contributed by atoms with van der Waals surface area (Å²) in [5.41, 5.74) is -0.0499. The smallest absolute Gasteiger partial charge is 0.329 e. The molecule has 0 bridgehead atoms. The molecule has 1 aromatic heterocycles. The van der Waals surface area contributed by atoms with E-state index in [1.807, 2.05) is 0 Å². The zero-order valence-electron chi connectivity index (χ0n) is 13.2. The van der Waals surface area contributed by atoms with Gasteiger partial charge in [-0.05, 0) is 30.3 Å². The van der Waals surface area contributed by atoms with E-state index in [0.29, 0.717) is 22.4 Å². The monoisotopic (exact) mass is 345 g/mol. The standard InChI is InChI=1S/C17H14F3N5/c1-24(12-6-4-5-11(9-12)17(18,19)20)15-13-7-2-3-8-14(13)25(10-21)16(22)23-15/h2-10,21-22H,1H3. The Balaban J connectivity index is 2.20. The predicted molar refractivity (Wildman–Crippen MR) is 89.3 cm³/mol. The van der Waals surface area contributed by atoms with Crippen molar-refractivity contribution in [3.8, 4) is 0 Å². The molecule has 0 unspecified atom stereocenters. The lowest BCUT2D eigenvalue weighted by Crippen LogP contribution is -2.26. The number of rotatable bonds is 3. The average Bonchev–Trinajstić information content (AvgIpc) is 2.60. The van der Waals surface area contributed by atoms with Gasteiger partial charge in [-0.3, -0.25) is 15.4 Å². The third-order valence-corrected chi connectivity index (χ3v) is 3.85. The van der Waals surface area contributed by atoms with E-state index in [1.165, 1.54) is 15.5 Å². The number of halogens is 3. The average molecular weight is 345 g/mol. The molecular formula is C17H14F3N5. The molecular weight excluding hydrogens is 331 g/mol.